The Morgan fingerprint density at radius 3 is 2.32 bits per heavy atom. The fourth-order valence-corrected chi connectivity index (χ4v) is 2.68. The van der Waals surface area contributed by atoms with Crippen LogP contribution >= 0.6 is 0 Å². The Bertz CT molecular complexity index is 734. The summed E-state index contributed by atoms with van der Waals surface area (Å²) in [6.07, 6.45) is 1.74. The molecule has 0 atom stereocenters. The van der Waals surface area contributed by atoms with E-state index < -0.39 is 18.5 Å². The van der Waals surface area contributed by atoms with E-state index in [9.17, 15) is 0 Å². The highest BCUT2D eigenvalue weighted by Crippen LogP contribution is 2.42. The van der Waals surface area contributed by atoms with E-state index in [0.29, 0.717) is 11.6 Å². The summed E-state index contributed by atoms with van der Waals surface area (Å²) in [6.45, 7) is 12.1. The lowest BCUT2D eigenvalue weighted by Crippen LogP contribution is -2.41. The number of rotatable bonds is 4. The Labute approximate surface area is 150 Å². The topological polar surface area (TPSA) is 43.8 Å². The van der Waals surface area contributed by atoms with Gasteiger partial charge in [0.05, 0.1) is 24.0 Å². The standard InChI is InChI=1S/C19H24BN2O3/c1-14-10-11-16(23-6)15(13-14)22(17-9-7-8-12-21-17)20-24-18(2,3)19(4,5)25-20/h7-13H,1H2,2-6H3. The number of ether oxygens (including phenoxy) is 1. The second kappa shape index (κ2) is 6.35. The van der Waals surface area contributed by atoms with Crippen LogP contribution in [0.25, 0.3) is 0 Å². The highest BCUT2D eigenvalue weighted by molar-refractivity contribution is 6.53. The normalized spacial score (nSPS) is 18.2. The van der Waals surface area contributed by atoms with Gasteiger partial charge in [0.15, 0.2) is 0 Å². The predicted molar refractivity (Wildman–Crippen MR) is 99.9 cm³/mol. The van der Waals surface area contributed by atoms with Gasteiger partial charge in [-0.05, 0) is 64.4 Å². The average molecular weight is 339 g/mol. The van der Waals surface area contributed by atoms with Crippen LogP contribution in [0.3, 0.4) is 0 Å². The first-order chi connectivity index (χ1) is 11.7. The van der Waals surface area contributed by atoms with Crippen molar-refractivity contribution in [1.82, 2.24) is 4.98 Å². The lowest BCUT2D eigenvalue weighted by Gasteiger charge is -2.32. The van der Waals surface area contributed by atoms with Crippen LogP contribution in [0, 0.1) is 6.92 Å². The van der Waals surface area contributed by atoms with Gasteiger partial charge in [-0.2, -0.15) is 0 Å². The number of pyridine rings is 1. The zero-order valence-electron chi connectivity index (χ0n) is 15.4. The van der Waals surface area contributed by atoms with Crippen molar-refractivity contribution in [2.24, 2.45) is 0 Å². The van der Waals surface area contributed by atoms with E-state index in [0.717, 1.165) is 11.3 Å². The summed E-state index contributed by atoms with van der Waals surface area (Å²) in [5.74, 6) is 1.41. The molecule has 2 aromatic rings. The SMILES string of the molecule is [CH2]c1ccc(OC)c(N(B2OC(C)(C)C(C)(C)O2)c2ccccn2)c1. The third-order valence-corrected chi connectivity index (χ3v) is 4.85. The van der Waals surface area contributed by atoms with E-state index in [4.69, 9.17) is 14.0 Å². The Morgan fingerprint density at radius 2 is 1.76 bits per heavy atom. The summed E-state index contributed by atoms with van der Waals surface area (Å²) in [5, 5.41) is 0. The Morgan fingerprint density at radius 1 is 1.08 bits per heavy atom. The van der Waals surface area contributed by atoms with Crippen LogP contribution in [-0.4, -0.2) is 30.5 Å². The van der Waals surface area contributed by atoms with Crippen LogP contribution < -0.4 is 9.55 Å². The number of anilines is 2. The van der Waals surface area contributed by atoms with Crippen LogP contribution in [-0.2, 0) is 9.31 Å². The molecule has 1 aliphatic rings. The van der Waals surface area contributed by atoms with Crippen molar-refractivity contribution in [2.75, 3.05) is 11.9 Å². The first kappa shape index (κ1) is 17.8. The second-order valence-corrected chi connectivity index (χ2v) is 7.13. The molecule has 0 aliphatic carbocycles. The van der Waals surface area contributed by atoms with E-state index in [1.165, 1.54) is 0 Å². The molecule has 1 fully saturated rings. The van der Waals surface area contributed by atoms with E-state index >= 15 is 0 Å². The quantitative estimate of drug-likeness (QED) is 0.788. The van der Waals surface area contributed by atoms with Crippen molar-refractivity contribution >= 4 is 18.8 Å². The number of aromatic nitrogens is 1. The largest absolute Gasteiger partial charge is 0.600 e. The number of nitrogens with zero attached hydrogens (tertiary/aromatic N) is 2. The molecule has 5 nitrogen and oxygen atoms in total. The third kappa shape index (κ3) is 3.24. The molecule has 0 amide bonds. The van der Waals surface area contributed by atoms with Crippen LogP contribution in [0.15, 0.2) is 42.6 Å². The third-order valence-electron chi connectivity index (χ3n) is 4.85. The van der Waals surface area contributed by atoms with Crippen molar-refractivity contribution in [3.63, 3.8) is 0 Å². The molecule has 1 radical (unpaired) electrons. The van der Waals surface area contributed by atoms with Gasteiger partial charge in [0.25, 0.3) is 0 Å². The van der Waals surface area contributed by atoms with Gasteiger partial charge in [-0.3, -0.25) is 0 Å². The first-order valence-electron chi connectivity index (χ1n) is 8.31. The maximum atomic E-state index is 6.26. The fraction of sp³-hybridized carbons (Fsp3) is 0.368. The molecule has 25 heavy (non-hydrogen) atoms. The van der Waals surface area contributed by atoms with Gasteiger partial charge in [0, 0.05) is 6.20 Å². The highest BCUT2D eigenvalue weighted by atomic mass is 16.7. The first-order valence-corrected chi connectivity index (χ1v) is 8.31. The minimum Gasteiger partial charge on any atom is -0.495 e. The summed E-state index contributed by atoms with van der Waals surface area (Å²) in [5.41, 5.74) is 0.750. The van der Waals surface area contributed by atoms with Crippen molar-refractivity contribution in [3.8, 4) is 5.75 Å². The molecule has 0 N–H and O–H groups in total. The molecule has 3 rings (SSSR count). The Kier molecular flexibility index (Phi) is 4.52. The predicted octanol–water partition coefficient (Wildman–Crippen LogP) is 4.00. The molecule has 1 aromatic heterocycles. The fourth-order valence-electron chi connectivity index (χ4n) is 2.68. The highest BCUT2D eigenvalue weighted by Gasteiger charge is 2.55. The molecule has 1 aliphatic heterocycles. The van der Waals surface area contributed by atoms with Gasteiger partial charge in [-0.1, -0.05) is 12.1 Å². The minimum atomic E-state index is -0.629. The maximum absolute atomic E-state index is 6.26. The van der Waals surface area contributed by atoms with Crippen molar-refractivity contribution in [3.05, 3.63) is 55.1 Å². The summed E-state index contributed by atoms with van der Waals surface area (Å²) in [4.78, 5) is 6.40. The van der Waals surface area contributed by atoms with E-state index in [1.54, 1.807) is 13.3 Å². The number of methoxy groups -OCH3 is 1. The smallest absolute Gasteiger partial charge is 0.495 e. The van der Waals surface area contributed by atoms with Gasteiger partial charge < -0.3 is 18.9 Å². The molecular formula is C19H24BN2O3. The number of hydrogen-bond donors (Lipinski definition) is 0. The molecule has 1 aromatic carbocycles. The van der Waals surface area contributed by atoms with Gasteiger partial charge in [-0.25, -0.2) is 4.98 Å². The van der Waals surface area contributed by atoms with Gasteiger partial charge >= 0.3 is 7.25 Å². The molecule has 0 saturated carbocycles. The zero-order valence-corrected chi connectivity index (χ0v) is 15.4. The summed E-state index contributed by atoms with van der Waals surface area (Å²) >= 11 is 0. The summed E-state index contributed by atoms with van der Waals surface area (Å²) < 4.78 is 18.1. The lowest BCUT2D eigenvalue weighted by molar-refractivity contribution is 0.00578. The van der Waals surface area contributed by atoms with Gasteiger partial charge in [0.2, 0.25) is 0 Å². The molecular weight excluding hydrogens is 315 g/mol. The van der Waals surface area contributed by atoms with Crippen LogP contribution in [0.2, 0.25) is 0 Å². The molecule has 1 saturated heterocycles. The van der Waals surface area contributed by atoms with Crippen LogP contribution in [0.5, 0.6) is 5.75 Å². The Hall–Kier alpha value is -2.05. The van der Waals surface area contributed by atoms with E-state index in [-0.39, 0.29) is 0 Å². The van der Waals surface area contributed by atoms with E-state index in [1.807, 2.05) is 68.9 Å². The number of hydrogen-bond acceptors (Lipinski definition) is 5. The second-order valence-electron chi connectivity index (χ2n) is 7.13. The maximum Gasteiger partial charge on any atom is 0.600 e. The molecule has 6 heteroatoms. The molecule has 0 bridgehead atoms. The lowest BCUT2D eigenvalue weighted by atomic mass is 9.90. The van der Waals surface area contributed by atoms with Crippen LogP contribution in [0.1, 0.15) is 33.3 Å². The monoisotopic (exact) mass is 339 g/mol. The molecule has 0 spiro atoms. The number of benzene rings is 1. The molecule has 131 valence electrons. The summed E-state index contributed by atoms with van der Waals surface area (Å²) in [7, 11) is 1.01. The zero-order chi connectivity index (χ0) is 18.2. The minimum absolute atomic E-state index is 0.458. The van der Waals surface area contributed by atoms with Gasteiger partial charge in [-0.15, -0.1) is 0 Å². The van der Waals surface area contributed by atoms with Crippen molar-refractivity contribution in [1.29, 1.82) is 0 Å². The van der Waals surface area contributed by atoms with Crippen molar-refractivity contribution < 1.29 is 14.0 Å². The average Bonchev–Trinajstić information content (AvgIpc) is 2.76. The van der Waals surface area contributed by atoms with Gasteiger partial charge in [0.1, 0.15) is 11.6 Å². The summed E-state index contributed by atoms with van der Waals surface area (Å²) in [6, 6.07) is 11.5. The molecule has 2 heterocycles. The van der Waals surface area contributed by atoms with Crippen LogP contribution in [0.4, 0.5) is 11.5 Å². The molecule has 0 unspecified atom stereocenters. The Balaban J connectivity index is 2.12. The van der Waals surface area contributed by atoms with Crippen molar-refractivity contribution in [2.45, 2.75) is 38.9 Å². The van der Waals surface area contributed by atoms with E-state index in [2.05, 4.69) is 11.9 Å².